The number of fused-ring (bicyclic) bond motifs is 1. The number of carbonyl (C=O) groups excluding carboxylic acids is 12. The number of ether oxygens (including phenoxy) is 1. The zero-order chi connectivity index (χ0) is 73.7. The Hall–Kier alpha value is -7.10. The van der Waals surface area contributed by atoms with E-state index in [0.717, 1.165) is 71.8 Å². The molecule has 7 rings (SSSR count). The number of nitrogens with zero attached hydrogens (tertiary/aromatic N) is 9. The number of hydrogen-bond acceptors (Lipinski definition) is 13. The summed E-state index contributed by atoms with van der Waals surface area (Å²) in [7, 11) is 9.92. The van der Waals surface area contributed by atoms with Crippen LogP contribution in [0, 0.1) is 23.7 Å². The molecule has 1 spiro atoms. The van der Waals surface area contributed by atoms with Crippen molar-refractivity contribution in [3.63, 3.8) is 0 Å². The van der Waals surface area contributed by atoms with Crippen LogP contribution in [0.4, 0.5) is 13.2 Å². The normalized spacial score (nSPS) is 26.8. The average Bonchev–Trinajstić information content (AvgIpc) is 1.38. The molecular weight excluding hydrogens is 1320 g/mol. The molecule has 0 unspecified atom stereocenters. The molecule has 0 aromatic heterocycles. The number of morpholine rings is 1. The molecule has 8 atom stereocenters. The van der Waals surface area contributed by atoms with Crippen LogP contribution in [-0.4, -0.2) is 265 Å². The lowest BCUT2D eigenvalue weighted by molar-refractivity contribution is -0.158. The van der Waals surface area contributed by atoms with Crippen molar-refractivity contribution in [1.29, 1.82) is 0 Å². The molecule has 3 heterocycles. The molecule has 0 bridgehead atoms. The van der Waals surface area contributed by atoms with Crippen LogP contribution in [0.3, 0.4) is 0 Å². The molecule has 29 heteroatoms. The maximum Gasteiger partial charge on any atom is 0.417 e. The quantitative estimate of drug-likeness (QED) is 0.267. The lowest BCUT2D eigenvalue weighted by Gasteiger charge is -2.43. The van der Waals surface area contributed by atoms with Crippen LogP contribution < -0.4 is 16.0 Å². The van der Waals surface area contributed by atoms with Gasteiger partial charge in [-0.1, -0.05) is 110 Å². The van der Waals surface area contributed by atoms with Crippen molar-refractivity contribution < 1.29 is 75.4 Å². The van der Waals surface area contributed by atoms with Gasteiger partial charge in [0.15, 0.2) is 0 Å². The molecule has 3 saturated heterocycles. The first kappa shape index (κ1) is 80.2. The van der Waals surface area contributed by atoms with Gasteiger partial charge in [-0.2, -0.15) is 13.2 Å². The summed E-state index contributed by atoms with van der Waals surface area (Å²) in [6.45, 7) is 6.34. The van der Waals surface area contributed by atoms with Gasteiger partial charge in [-0.25, -0.2) is 0 Å². The van der Waals surface area contributed by atoms with E-state index in [1.165, 1.54) is 84.8 Å². The summed E-state index contributed by atoms with van der Waals surface area (Å²) in [5, 5.41) is 8.15. The van der Waals surface area contributed by atoms with Gasteiger partial charge in [0, 0.05) is 69.0 Å². The van der Waals surface area contributed by atoms with Gasteiger partial charge in [0.1, 0.15) is 47.8 Å². The molecule has 6 aliphatic rings. The van der Waals surface area contributed by atoms with Crippen molar-refractivity contribution in [3.05, 3.63) is 34.3 Å². The Kier molecular flexibility index (Phi) is 28.6. The van der Waals surface area contributed by atoms with E-state index in [1.54, 1.807) is 6.92 Å². The van der Waals surface area contributed by atoms with Crippen molar-refractivity contribution in [2.45, 2.75) is 217 Å². The second-order valence-electron chi connectivity index (χ2n) is 29.4. The highest BCUT2D eigenvalue weighted by atomic mass is 35.5. The van der Waals surface area contributed by atoms with Crippen LogP contribution >= 0.6 is 11.6 Å². The van der Waals surface area contributed by atoms with Crippen LogP contribution in [0.15, 0.2) is 18.2 Å². The third kappa shape index (κ3) is 19.9. The highest BCUT2D eigenvalue weighted by molar-refractivity contribution is 6.31. The standard InChI is InChI=1S/C71H108ClF3N12O13/c1-12-45(4)60-67(97)81(7)42-58(90)79(5)43-59(91)83(9)54(39-46-21-16-17-22-46)65(95)80(6)41-56(88)76-51(29-27-47-26-28-49(50(72)38-47)71(73,74)75)64(94)87-32-20-25-52(87)63(93)78-70(30-18-19-31-70)69(99)85(11)61(48-23-14-13-15-24-48)68(98)84(10)55(66(96)86-33-35-100-36-34-86)40-57(89)82(8)53(37-44(2)3)62(92)77-60/h26,28,38,44-46,48,51-55,60-61H,12-25,27,29-37,39-43H2,1-11H3,(H,76,88)(H,77,92)(H,78,93)/t45-,51-,52-,53-,54-,55-,60-,61-/m0/s1. The first-order chi connectivity index (χ1) is 47.2. The van der Waals surface area contributed by atoms with Gasteiger partial charge in [0.2, 0.25) is 70.9 Å². The Bertz CT molecular complexity index is 3120. The molecule has 1 aromatic rings. The van der Waals surface area contributed by atoms with E-state index in [4.69, 9.17) is 16.3 Å². The second kappa shape index (κ2) is 35.7. The van der Waals surface area contributed by atoms with E-state index in [1.807, 2.05) is 20.8 Å². The van der Waals surface area contributed by atoms with E-state index in [9.17, 15) is 41.9 Å². The van der Waals surface area contributed by atoms with Crippen molar-refractivity contribution in [1.82, 2.24) is 60.0 Å². The maximum absolute atomic E-state index is 15.8. The fourth-order valence-electron chi connectivity index (χ4n) is 15.3. The predicted octanol–water partition coefficient (Wildman–Crippen LogP) is 4.88. The molecule has 1 aromatic carbocycles. The first-order valence-electron chi connectivity index (χ1n) is 35.9. The number of alkyl halides is 3. The zero-order valence-electron chi connectivity index (χ0n) is 60.4. The van der Waals surface area contributed by atoms with E-state index in [0.29, 0.717) is 44.1 Å². The van der Waals surface area contributed by atoms with Crippen LogP contribution in [0.5, 0.6) is 0 Å². The summed E-state index contributed by atoms with van der Waals surface area (Å²) in [5.41, 5.74) is -2.36. The van der Waals surface area contributed by atoms with Crippen LogP contribution in [0.2, 0.25) is 5.02 Å². The highest BCUT2D eigenvalue weighted by Crippen LogP contribution is 2.39. The zero-order valence-corrected chi connectivity index (χ0v) is 61.2. The van der Waals surface area contributed by atoms with Gasteiger partial charge in [0.25, 0.3) is 0 Å². The van der Waals surface area contributed by atoms with E-state index in [-0.39, 0.29) is 89.6 Å². The Labute approximate surface area is 591 Å². The van der Waals surface area contributed by atoms with Gasteiger partial charge in [-0.15, -0.1) is 0 Å². The van der Waals surface area contributed by atoms with Gasteiger partial charge in [-0.05, 0) is 106 Å². The number of benzene rings is 1. The molecule has 100 heavy (non-hydrogen) atoms. The van der Waals surface area contributed by atoms with Crippen LogP contribution in [0.25, 0.3) is 0 Å². The maximum atomic E-state index is 15.8. The number of amides is 12. The summed E-state index contributed by atoms with van der Waals surface area (Å²) >= 11 is 6.15. The summed E-state index contributed by atoms with van der Waals surface area (Å²) in [5.74, 6) is -8.95. The third-order valence-corrected chi connectivity index (χ3v) is 22.1. The smallest absolute Gasteiger partial charge is 0.378 e. The Morgan fingerprint density at radius 2 is 1.26 bits per heavy atom. The number of nitrogens with one attached hydrogen (secondary N) is 3. The van der Waals surface area contributed by atoms with Gasteiger partial charge in [0.05, 0.1) is 49.9 Å². The molecule has 3 saturated carbocycles. The number of carbonyl (C=O) groups is 12. The van der Waals surface area contributed by atoms with Crippen molar-refractivity contribution in [2.75, 3.05) is 102 Å². The lowest BCUT2D eigenvalue weighted by atomic mass is 9.81. The van der Waals surface area contributed by atoms with Crippen LogP contribution in [-0.2, 0) is 74.9 Å². The minimum atomic E-state index is -4.76. The minimum Gasteiger partial charge on any atom is -0.378 e. The first-order valence-corrected chi connectivity index (χ1v) is 36.3. The van der Waals surface area contributed by atoms with Gasteiger partial charge < -0.3 is 64.8 Å². The lowest BCUT2D eigenvalue weighted by Crippen LogP contribution is -2.65. The summed E-state index contributed by atoms with van der Waals surface area (Å²) < 4.78 is 47.2. The largest absolute Gasteiger partial charge is 0.417 e. The number of likely N-dealkylation sites (N-methyl/N-ethyl adjacent to an activating group) is 7. The fraction of sp³-hybridized carbons (Fsp3) is 0.746. The number of halogens is 4. The molecule has 3 N–H and O–H groups in total. The number of aryl methyl sites for hydroxylation is 1. The molecule has 3 aliphatic heterocycles. The number of rotatable bonds is 11. The highest BCUT2D eigenvalue weighted by Gasteiger charge is 2.52. The van der Waals surface area contributed by atoms with Gasteiger partial charge in [-0.3, -0.25) is 57.5 Å². The average molecular weight is 1430 g/mol. The second-order valence-corrected chi connectivity index (χ2v) is 29.8. The molecule has 0 radical (unpaired) electrons. The minimum absolute atomic E-state index is 0.0268. The Morgan fingerprint density at radius 3 is 1.87 bits per heavy atom. The van der Waals surface area contributed by atoms with Crippen molar-refractivity contribution >= 4 is 82.5 Å². The topological polar surface area (TPSA) is 279 Å². The van der Waals surface area contributed by atoms with E-state index < -0.39 is 173 Å². The number of hydrogen-bond donors (Lipinski definition) is 3. The molecule has 25 nitrogen and oxygen atoms in total. The van der Waals surface area contributed by atoms with Crippen molar-refractivity contribution in [2.24, 2.45) is 23.7 Å². The van der Waals surface area contributed by atoms with Gasteiger partial charge >= 0.3 is 6.18 Å². The van der Waals surface area contributed by atoms with E-state index in [2.05, 4.69) is 16.0 Å². The molecular formula is C71H108ClF3N12O13. The third-order valence-electron chi connectivity index (χ3n) is 21.8. The molecule has 6 fully saturated rings. The SMILES string of the molecule is CC[C@H](C)[C@@H]1NC(=O)[C@H](CC(C)C)N(C)C(=O)C[C@@H](C(=O)N2CCOCC2)N(C)C(=O)[C@H](C2CCCCC2)N(C)C(=O)C2(CCCC2)NC(=O)[C@@H]2CCCN2C(=O)[C@H](CCc2ccc(C(F)(F)F)c(Cl)c2)NC(=O)CN(C)C(=O)[C@H](CC2CCCC2)N(C)C(=O)CN(C)C(=O)CN(C)C1=O. The molecule has 558 valence electrons. The molecule has 12 amide bonds. The monoisotopic (exact) mass is 1430 g/mol. The predicted molar refractivity (Wildman–Crippen MR) is 366 cm³/mol. The Morgan fingerprint density at radius 1 is 0.650 bits per heavy atom. The summed E-state index contributed by atoms with van der Waals surface area (Å²) in [6, 6.07) is -5.65. The molecule has 3 aliphatic carbocycles. The van der Waals surface area contributed by atoms with Crippen molar-refractivity contribution in [3.8, 4) is 0 Å². The van der Waals surface area contributed by atoms with Crippen LogP contribution in [0.1, 0.15) is 167 Å². The van der Waals surface area contributed by atoms with E-state index >= 15 is 28.8 Å². The fourth-order valence-corrected chi connectivity index (χ4v) is 15.7. The summed E-state index contributed by atoms with van der Waals surface area (Å²) in [6.07, 6.45) is 3.65. The Balaban J connectivity index is 1.29. The summed E-state index contributed by atoms with van der Waals surface area (Å²) in [4.78, 5) is 190.